The van der Waals surface area contributed by atoms with Gasteiger partial charge < -0.3 is 0 Å². The lowest BCUT2D eigenvalue weighted by Crippen LogP contribution is -2.50. The van der Waals surface area contributed by atoms with Crippen LogP contribution in [0, 0.1) is 25.6 Å². The fraction of sp³-hybridized carbons (Fsp3) is 0.357. The minimum absolute atomic E-state index is 0.112. The topological polar surface area (TPSA) is 54.3 Å². The first kappa shape index (κ1) is 24.7. The van der Waals surface area contributed by atoms with Crippen molar-refractivity contribution in [3.05, 3.63) is 83.6 Å². The lowest BCUT2D eigenvalue weighted by Gasteiger charge is -2.42. The number of hydrogen-bond donors (Lipinski definition) is 0. The molecule has 1 saturated heterocycles. The molecule has 188 valence electrons. The van der Waals surface area contributed by atoms with Gasteiger partial charge in [-0.05, 0) is 78.9 Å². The van der Waals surface area contributed by atoms with Gasteiger partial charge in [0.1, 0.15) is 16.8 Å². The Kier molecular flexibility index (Phi) is 7.01. The van der Waals surface area contributed by atoms with Gasteiger partial charge in [-0.3, -0.25) is 9.88 Å². The highest BCUT2D eigenvalue weighted by molar-refractivity contribution is 7.82. The molecule has 0 aliphatic carbocycles. The number of nitrogens with zero attached hydrogens (tertiary/aromatic N) is 5. The molecule has 36 heavy (non-hydrogen) atoms. The van der Waals surface area contributed by atoms with Crippen molar-refractivity contribution in [2.75, 3.05) is 26.2 Å². The van der Waals surface area contributed by atoms with Crippen molar-refractivity contribution in [1.29, 1.82) is 0 Å². The zero-order valence-electron chi connectivity index (χ0n) is 21.2. The maximum absolute atomic E-state index is 13.5. The minimum Gasteiger partial charge on any atom is -0.293 e. The first-order valence-electron chi connectivity index (χ1n) is 12.4. The molecule has 4 aromatic rings. The summed E-state index contributed by atoms with van der Waals surface area (Å²) >= 11 is 0. The highest BCUT2D eigenvalue weighted by Gasteiger charge is 2.33. The van der Waals surface area contributed by atoms with Crippen LogP contribution in [0.5, 0.6) is 0 Å². The number of pyridine rings is 1. The number of aryl methyl sites for hydroxylation is 2. The van der Waals surface area contributed by atoms with E-state index in [9.17, 15) is 8.60 Å². The van der Waals surface area contributed by atoms with E-state index in [0.717, 1.165) is 52.2 Å². The van der Waals surface area contributed by atoms with Gasteiger partial charge in [0.25, 0.3) is 0 Å². The third-order valence-electron chi connectivity index (χ3n) is 6.85. The van der Waals surface area contributed by atoms with Crippen LogP contribution in [0.2, 0.25) is 0 Å². The van der Waals surface area contributed by atoms with Crippen LogP contribution in [-0.4, -0.2) is 54.4 Å². The molecule has 0 amide bonds. The predicted molar refractivity (Wildman–Crippen MR) is 142 cm³/mol. The summed E-state index contributed by atoms with van der Waals surface area (Å²) in [5.74, 6) is 0.259. The second-order valence-corrected chi connectivity index (χ2v) is 11.4. The molecule has 3 heterocycles. The van der Waals surface area contributed by atoms with E-state index in [-0.39, 0.29) is 11.9 Å². The summed E-state index contributed by atoms with van der Waals surface area (Å²) in [5, 5.41) is 5.63. The van der Waals surface area contributed by atoms with E-state index in [1.165, 1.54) is 17.7 Å². The van der Waals surface area contributed by atoms with Crippen LogP contribution in [0.1, 0.15) is 36.6 Å². The molecule has 6 nitrogen and oxygen atoms in total. The molecular weight excluding hydrogens is 473 g/mol. The number of rotatable bonds is 6. The van der Waals surface area contributed by atoms with Gasteiger partial charge in [0.2, 0.25) is 0 Å². The van der Waals surface area contributed by atoms with Gasteiger partial charge in [-0.15, -0.1) is 0 Å². The van der Waals surface area contributed by atoms with Gasteiger partial charge in [-0.25, -0.2) is 17.6 Å². The van der Waals surface area contributed by atoms with Crippen LogP contribution in [-0.2, 0) is 11.0 Å². The molecule has 8 heteroatoms. The summed E-state index contributed by atoms with van der Waals surface area (Å²) < 4.78 is 30.9. The van der Waals surface area contributed by atoms with Gasteiger partial charge >= 0.3 is 0 Å². The quantitative estimate of drug-likeness (QED) is 0.361. The third kappa shape index (κ3) is 4.85. The molecule has 5 rings (SSSR count). The van der Waals surface area contributed by atoms with Crippen molar-refractivity contribution in [1.82, 2.24) is 24.0 Å². The number of fused-ring (bicyclic) bond motifs is 1. The van der Waals surface area contributed by atoms with Crippen molar-refractivity contribution >= 4 is 21.9 Å². The van der Waals surface area contributed by atoms with Crippen molar-refractivity contribution < 1.29 is 8.60 Å². The Morgan fingerprint density at radius 3 is 2.56 bits per heavy atom. The SMILES string of the molecule is Cc1cc2c(cnn2-c2ccc(F)cc2)cc1C1CN(S(=O)c2cnccc2C)CCN1CC(C)C. The normalized spacial score (nSPS) is 18.2. The van der Waals surface area contributed by atoms with E-state index in [0.29, 0.717) is 12.5 Å². The maximum atomic E-state index is 13.5. The molecule has 1 aliphatic heterocycles. The molecule has 2 unspecified atom stereocenters. The highest BCUT2D eigenvalue weighted by Crippen LogP contribution is 2.33. The molecule has 1 fully saturated rings. The van der Waals surface area contributed by atoms with E-state index in [4.69, 9.17) is 0 Å². The first-order valence-corrected chi connectivity index (χ1v) is 13.5. The number of benzene rings is 2. The van der Waals surface area contributed by atoms with Crippen LogP contribution < -0.4 is 0 Å². The van der Waals surface area contributed by atoms with Crippen molar-refractivity contribution in [3.8, 4) is 5.69 Å². The standard InChI is InChI=1S/C28H32FN5OS/c1-19(2)17-32-11-12-33(36(35)28-16-30-10-9-20(28)3)18-27(32)25-14-22-15-31-34(26(22)13-21(25)4)24-7-5-23(29)6-8-24/h5-10,13-16,19,27H,11-12,17-18H2,1-4H3. The van der Waals surface area contributed by atoms with Gasteiger partial charge in [0.05, 0.1) is 22.3 Å². The molecular formula is C28H32FN5OS. The fourth-order valence-electron chi connectivity index (χ4n) is 5.04. The summed E-state index contributed by atoms with van der Waals surface area (Å²) in [6.07, 6.45) is 5.33. The first-order chi connectivity index (χ1) is 17.3. The lowest BCUT2D eigenvalue weighted by molar-refractivity contribution is 0.107. The van der Waals surface area contributed by atoms with E-state index in [2.05, 4.69) is 52.2 Å². The van der Waals surface area contributed by atoms with Crippen molar-refractivity contribution in [2.24, 2.45) is 5.92 Å². The molecule has 0 radical (unpaired) electrons. The summed E-state index contributed by atoms with van der Waals surface area (Å²) in [6.45, 7) is 11.8. The molecule has 2 aromatic heterocycles. The van der Waals surface area contributed by atoms with Crippen LogP contribution in [0.3, 0.4) is 0 Å². The van der Waals surface area contributed by atoms with Crippen LogP contribution >= 0.6 is 0 Å². The van der Waals surface area contributed by atoms with Gasteiger partial charge in [0, 0.05) is 50.0 Å². The van der Waals surface area contributed by atoms with Crippen LogP contribution in [0.25, 0.3) is 16.6 Å². The van der Waals surface area contributed by atoms with E-state index in [1.807, 2.05) is 23.9 Å². The molecule has 2 aromatic carbocycles. The van der Waals surface area contributed by atoms with Crippen molar-refractivity contribution in [2.45, 2.75) is 38.6 Å². The maximum Gasteiger partial charge on any atom is 0.129 e. The fourth-order valence-corrected chi connectivity index (χ4v) is 6.34. The molecule has 0 N–H and O–H groups in total. The second kappa shape index (κ2) is 10.2. The summed E-state index contributed by atoms with van der Waals surface area (Å²) in [4.78, 5) is 7.51. The molecule has 2 atom stereocenters. The van der Waals surface area contributed by atoms with E-state index in [1.54, 1.807) is 24.5 Å². The summed E-state index contributed by atoms with van der Waals surface area (Å²) in [6, 6.07) is 12.8. The van der Waals surface area contributed by atoms with Gasteiger partial charge in [-0.2, -0.15) is 5.10 Å². The predicted octanol–water partition coefficient (Wildman–Crippen LogP) is 5.21. The van der Waals surface area contributed by atoms with Crippen molar-refractivity contribution in [3.63, 3.8) is 0 Å². The Hall–Kier alpha value is -2.94. The highest BCUT2D eigenvalue weighted by atomic mass is 32.2. The molecule has 1 aliphatic rings. The number of piperazine rings is 1. The van der Waals surface area contributed by atoms with Crippen LogP contribution in [0.4, 0.5) is 4.39 Å². The van der Waals surface area contributed by atoms with E-state index < -0.39 is 11.0 Å². The smallest absolute Gasteiger partial charge is 0.129 e. The molecule has 0 bridgehead atoms. The molecule has 0 spiro atoms. The van der Waals surface area contributed by atoms with E-state index >= 15 is 0 Å². The summed E-state index contributed by atoms with van der Waals surface area (Å²) in [7, 11) is -1.26. The third-order valence-corrected chi connectivity index (χ3v) is 8.46. The average Bonchev–Trinajstić information content (AvgIpc) is 3.26. The Morgan fingerprint density at radius 1 is 1.06 bits per heavy atom. The summed E-state index contributed by atoms with van der Waals surface area (Å²) in [5.41, 5.74) is 5.20. The monoisotopic (exact) mass is 505 g/mol. The zero-order valence-corrected chi connectivity index (χ0v) is 22.0. The lowest BCUT2D eigenvalue weighted by atomic mass is 9.96. The Balaban J connectivity index is 1.51. The number of halogens is 1. The average molecular weight is 506 g/mol. The molecule has 0 saturated carbocycles. The number of aromatic nitrogens is 3. The van der Waals surface area contributed by atoms with Crippen LogP contribution in [0.15, 0.2) is 66.0 Å². The zero-order chi connectivity index (χ0) is 25.4. The second-order valence-electron chi connectivity index (χ2n) is 9.98. The minimum atomic E-state index is -1.26. The van der Waals surface area contributed by atoms with Gasteiger partial charge in [-0.1, -0.05) is 13.8 Å². The Bertz CT molecular complexity index is 1400. The Morgan fingerprint density at radius 2 is 1.83 bits per heavy atom. The largest absolute Gasteiger partial charge is 0.293 e. The van der Waals surface area contributed by atoms with Gasteiger partial charge in [0.15, 0.2) is 0 Å². The Labute approximate surface area is 214 Å². The number of hydrogen-bond acceptors (Lipinski definition) is 4.